The molecule has 0 aromatic carbocycles. The van der Waals surface area contributed by atoms with E-state index in [1.807, 2.05) is 0 Å². The van der Waals surface area contributed by atoms with E-state index in [9.17, 15) is 19.5 Å². The summed E-state index contributed by atoms with van der Waals surface area (Å²) in [6.45, 7) is -0.177. The number of carbonyl (C=O) groups excluding carboxylic acids is 1. The zero-order chi connectivity index (χ0) is 17.0. The fourth-order valence-corrected chi connectivity index (χ4v) is 2.04. The molecule has 120 valence electrons. The molecular formula is C13H18N4O5. The molecule has 1 aliphatic heterocycles. The Hall–Kier alpha value is -2.23. The number of aromatic amines is 1. The molecule has 9 heteroatoms. The van der Waals surface area contributed by atoms with Crippen molar-refractivity contribution in [1.82, 2.24) is 14.9 Å². The summed E-state index contributed by atoms with van der Waals surface area (Å²) in [5, 5.41) is 12.1. The molecule has 3 atom stereocenters. The van der Waals surface area contributed by atoms with Gasteiger partial charge in [-0.2, -0.15) is 0 Å². The average Bonchev–Trinajstić information content (AvgIpc) is 2.87. The van der Waals surface area contributed by atoms with Gasteiger partial charge in [0.1, 0.15) is 6.23 Å². The Kier molecular flexibility index (Phi) is 4.47. The van der Waals surface area contributed by atoms with Gasteiger partial charge in [-0.1, -0.05) is 0 Å². The summed E-state index contributed by atoms with van der Waals surface area (Å²) in [4.78, 5) is 37.1. The second-order valence-electron chi connectivity index (χ2n) is 4.76. The molecule has 0 radical (unpaired) electrons. The number of hydrogen-bond acceptors (Lipinski definition) is 6. The molecule has 22 heavy (non-hydrogen) atoms. The first kappa shape index (κ1) is 14.7. The van der Waals surface area contributed by atoms with E-state index in [0.717, 1.165) is 10.6 Å². The number of rotatable bonds is 4. The van der Waals surface area contributed by atoms with Crippen LogP contribution in [0.5, 0.6) is 0 Å². The van der Waals surface area contributed by atoms with Crippen LogP contribution in [0.15, 0.2) is 21.9 Å². The van der Waals surface area contributed by atoms with E-state index in [1.165, 1.54) is 12.3 Å². The number of aliphatic hydroxyl groups is 1. The molecule has 1 fully saturated rings. The zero-order valence-corrected chi connectivity index (χ0v) is 11.7. The van der Waals surface area contributed by atoms with Gasteiger partial charge in [-0.25, -0.2) is 4.79 Å². The molecule has 1 amide bonds. The van der Waals surface area contributed by atoms with Crippen molar-refractivity contribution in [3.63, 3.8) is 0 Å². The lowest BCUT2D eigenvalue weighted by Crippen LogP contribution is -2.33. The van der Waals surface area contributed by atoms with Gasteiger partial charge in [0.15, 0.2) is 0 Å². The summed E-state index contributed by atoms with van der Waals surface area (Å²) in [5.74, 6) is -0.480. The second-order valence-corrected chi connectivity index (χ2v) is 4.76. The summed E-state index contributed by atoms with van der Waals surface area (Å²) < 4.78 is 13.8. The van der Waals surface area contributed by atoms with E-state index in [-0.39, 0.29) is 25.6 Å². The van der Waals surface area contributed by atoms with Crippen LogP contribution < -0.4 is 22.3 Å². The number of carbonyl (C=O) groups is 1. The number of nitrogens with one attached hydrogen (secondary N) is 2. The molecule has 1 aliphatic rings. The van der Waals surface area contributed by atoms with E-state index < -0.39 is 35.6 Å². The highest BCUT2D eigenvalue weighted by Crippen LogP contribution is 2.27. The Labute approximate surface area is 126 Å². The van der Waals surface area contributed by atoms with Gasteiger partial charge in [0.25, 0.3) is 5.56 Å². The summed E-state index contributed by atoms with van der Waals surface area (Å²) in [7, 11) is 0. The molecule has 1 aromatic heterocycles. The van der Waals surface area contributed by atoms with Gasteiger partial charge in [-0.05, 0) is 13.0 Å². The smallest absolute Gasteiger partial charge is 0.330 e. The van der Waals surface area contributed by atoms with E-state index in [0.29, 0.717) is 0 Å². The van der Waals surface area contributed by atoms with Gasteiger partial charge < -0.3 is 20.9 Å². The van der Waals surface area contributed by atoms with Gasteiger partial charge in [0.05, 0.1) is 24.4 Å². The molecule has 9 nitrogen and oxygen atoms in total. The van der Waals surface area contributed by atoms with Crippen molar-refractivity contribution in [2.45, 2.75) is 31.8 Å². The molecular weight excluding hydrogens is 292 g/mol. The van der Waals surface area contributed by atoms with Crippen molar-refractivity contribution >= 4 is 12.0 Å². The summed E-state index contributed by atoms with van der Waals surface area (Å²) in [6.07, 6.45) is 1.41. The van der Waals surface area contributed by atoms with Crippen LogP contribution in [-0.4, -0.2) is 39.4 Å². The second kappa shape index (κ2) is 6.69. The van der Waals surface area contributed by atoms with Gasteiger partial charge >= 0.3 is 5.69 Å². The number of aliphatic hydroxyl groups excluding tert-OH is 1. The van der Waals surface area contributed by atoms with Crippen LogP contribution in [-0.2, 0) is 9.53 Å². The standard InChI is InChI=1S/C13H18N4O5/c1-7-9(18)4-11(22-7)17-5-8(12(20)16-13(17)21)2-3-10(19)15-6-14/h2-3,5,7,9,11,18H,4,6,14H2,1H3,(H,15,19)(H,16,20,21)/b3-2+/t7-,9-,11-/m1/s1/i1D. The third-order valence-electron chi connectivity index (χ3n) is 3.20. The van der Waals surface area contributed by atoms with Crippen LogP contribution in [0.2, 0.25) is 0 Å². The van der Waals surface area contributed by atoms with Crippen molar-refractivity contribution in [3.05, 3.63) is 38.7 Å². The highest BCUT2D eigenvalue weighted by Gasteiger charge is 2.32. The van der Waals surface area contributed by atoms with E-state index in [4.69, 9.17) is 11.8 Å². The maximum absolute atomic E-state index is 11.9. The lowest BCUT2D eigenvalue weighted by Gasteiger charge is -2.13. The molecule has 0 aliphatic carbocycles. The quantitative estimate of drug-likeness (QED) is 0.384. The van der Waals surface area contributed by atoms with Crippen LogP contribution in [0, 0.1) is 0 Å². The van der Waals surface area contributed by atoms with Crippen LogP contribution in [0.1, 0.15) is 26.5 Å². The van der Waals surface area contributed by atoms with Crippen molar-refractivity contribution in [1.29, 1.82) is 0 Å². The Morgan fingerprint density at radius 3 is 3.14 bits per heavy atom. The molecule has 1 aromatic rings. The van der Waals surface area contributed by atoms with Crippen molar-refractivity contribution in [2.75, 3.05) is 6.67 Å². The van der Waals surface area contributed by atoms with Gasteiger partial charge in [0, 0.05) is 20.1 Å². The molecule has 0 saturated carbocycles. The monoisotopic (exact) mass is 311 g/mol. The maximum atomic E-state index is 11.9. The molecule has 0 bridgehead atoms. The average molecular weight is 311 g/mol. The van der Waals surface area contributed by atoms with Gasteiger partial charge in [-0.15, -0.1) is 0 Å². The first-order valence-corrected chi connectivity index (χ1v) is 6.60. The molecule has 5 N–H and O–H groups in total. The van der Waals surface area contributed by atoms with Crippen molar-refractivity contribution in [2.24, 2.45) is 5.73 Å². The predicted molar refractivity (Wildman–Crippen MR) is 77.8 cm³/mol. The Morgan fingerprint density at radius 1 is 1.73 bits per heavy atom. The minimum Gasteiger partial charge on any atom is -0.390 e. The third kappa shape index (κ3) is 3.50. The molecule has 0 spiro atoms. The van der Waals surface area contributed by atoms with E-state index in [1.54, 1.807) is 0 Å². The lowest BCUT2D eigenvalue weighted by molar-refractivity contribution is -0.116. The Balaban J connectivity index is 2.29. The van der Waals surface area contributed by atoms with Crippen molar-refractivity contribution < 1.29 is 16.0 Å². The lowest BCUT2D eigenvalue weighted by atomic mass is 10.2. The Bertz CT molecular complexity index is 713. The fraction of sp³-hybridized carbons (Fsp3) is 0.462. The SMILES string of the molecule is [2H]C[C@H]1O[C@@H](n2cc(/C=C/C(=O)NCN)c(=O)[nH]c2=O)C[C@H]1O. The Morgan fingerprint density at radius 2 is 2.50 bits per heavy atom. The maximum Gasteiger partial charge on any atom is 0.330 e. The first-order chi connectivity index (χ1) is 11.0. The number of nitrogens with two attached hydrogens (primary N) is 1. The highest BCUT2D eigenvalue weighted by molar-refractivity contribution is 5.91. The normalized spacial score (nSPS) is 25.4. The van der Waals surface area contributed by atoms with E-state index in [2.05, 4.69) is 10.3 Å². The summed E-state index contributed by atoms with van der Waals surface area (Å²) in [6, 6.07) is 0. The predicted octanol–water partition coefficient (Wildman–Crippen LogP) is -1.75. The number of H-pyrrole nitrogens is 1. The van der Waals surface area contributed by atoms with Crippen LogP contribution >= 0.6 is 0 Å². The number of hydrogen-bond donors (Lipinski definition) is 4. The minimum absolute atomic E-state index is 0.0403. The van der Waals surface area contributed by atoms with Gasteiger partial charge in [-0.3, -0.25) is 19.1 Å². The van der Waals surface area contributed by atoms with Crippen molar-refractivity contribution in [3.8, 4) is 0 Å². The number of ether oxygens (including phenoxy) is 1. The zero-order valence-electron chi connectivity index (χ0n) is 12.7. The molecule has 0 unspecified atom stereocenters. The van der Waals surface area contributed by atoms with Crippen LogP contribution in [0.3, 0.4) is 0 Å². The summed E-state index contributed by atoms with van der Waals surface area (Å²) in [5.41, 5.74) is 3.89. The highest BCUT2D eigenvalue weighted by atomic mass is 16.5. The number of nitrogens with zero attached hydrogens (tertiary/aromatic N) is 1. The number of aromatic nitrogens is 2. The third-order valence-corrected chi connectivity index (χ3v) is 3.20. The number of amides is 1. The summed E-state index contributed by atoms with van der Waals surface area (Å²) >= 11 is 0. The minimum atomic E-state index is -0.856. The fourth-order valence-electron chi connectivity index (χ4n) is 2.04. The van der Waals surface area contributed by atoms with Crippen LogP contribution in [0.4, 0.5) is 0 Å². The molecule has 1 saturated heterocycles. The first-order valence-electron chi connectivity index (χ1n) is 7.31. The molecule has 2 rings (SSSR count). The van der Waals surface area contributed by atoms with Crippen LogP contribution in [0.25, 0.3) is 6.08 Å². The molecule has 2 heterocycles. The topological polar surface area (TPSA) is 139 Å². The van der Waals surface area contributed by atoms with Gasteiger partial charge in [0.2, 0.25) is 5.91 Å². The van der Waals surface area contributed by atoms with E-state index >= 15 is 0 Å². The largest absolute Gasteiger partial charge is 0.390 e.